The molecular formula is C80H52N2O3. The Morgan fingerprint density at radius 1 is 0.271 bits per heavy atom. The minimum absolute atomic E-state index is 0.792. The second kappa shape index (κ2) is 19.8. The van der Waals surface area contributed by atoms with Crippen molar-refractivity contribution in [2.45, 2.75) is 12.8 Å². The van der Waals surface area contributed by atoms with E-state index in [1.165, 1.54) is 0 Å². The highest BCUT2D eigenvalue weighted by molar-refractivity contribution is 6.31. The molecule has 0 saturated carbocycles. The normalized spacial score (nSPS) is 12.3. The molecule has 5 nitrogen and oxygen atoms in total. The Morgan fingerprint density at radius 2 is 0.729 bits per heavy atom. The van der Waals surface area contributed by atoms with E-state index in [1.54, 1.807) is 0 Å². The van der Waals surface area contributed by atoms with Crippen LogP contribution in [0.25, 0.3) is 127 Å². The summed E-state index contributed by atoms with van der Waals surface area (Å²) in [6.45, 7) is 0. The molecule has 0 atom stereocenters. The zero-order valence-corrected chi connectivity index (χ0v) is 46.2. The molecule has 3 aromatic heterocycles. The van der Waals surface area contributed by atoms with Crippen molar-refractivity contribution in [3.63, 3.8) is 0 Å². The fraction of sp³-hybridized carbons (Fsp3) is 0.0250. The van der Waals surface area contributed by atoms with Gasteiger partial charge in [0.25, 0.3) is 0 Å². The molecule has 0 fully saturated rings. The Hall–Kier alpha value is -11.1. The molecule has 0 saturated heterocycles. The lowest BCUT2D eigenvalue weighted by molar-refractivity contribution is 0.546. The molecule has 0 spiro atoms. The first-order valence-electron chi connectivity index (χ1n) is 29.2. The number of benzene rings is 13. The Bertz CT molecular complexity index is 5190. The predicted molar refractivity (Wildman–Crippen MR) is 354 cm³/mol. The molecule has 5 heteroatoms. The molecule has 400 valence electrons. The summed E-state index contributed by atoms with van der Waals surface area (Å²) in [6.07, 6.45) is 6.30. The van der Waals surface area contributed by atoms with E-state index in [4.69, 9.17) is 13.3 Å². The van der Waals surface area contributed by atoms with E-state index in [9.17, 15) is 0 Å². The largest absolute Gasteiger partial charge is 0.458 e. The lowest BCUT2D eigenvalue weighted by Crippen LogP contribution is -2.11. The molecule has 13 aromatic carbocycles. The van der Waals surface area contributed by atoms with Gasteiger partial charge in [-0.2, -0.15) is 0 Å². The Balaban J connectivity index is 0.889. The van der Waals surface area contributed by atoms with Gasteiger partial charge in [-0.05, 0) is 152 Å². The minimum atomic E-state index is 0.792. The topological polar surface area (TPSA) is 45.9 Å². The van der Waals surface area contributed by atoms with Crippen LogP contribution in [0, 0.1) is 0 Å². The van der Waals surface area contributed by atoms with Crippen LogP contribution in [-0.4, -0.2) is 0 Å². The second-order valence-corrected chi connectivity index (χ2v) is 22.2. The molecule has 0 N–H and O–H groups in total. The first-order chi connectivity index (χ1) is 42.1. The summed E-state index contributed by atoms with van der Waals surface area (Å²) in [4.78, 5) is 4.74. The molecule has 0 radical (unpaired) electrons. The number of hydrogen-bond acceptors (Lipinski definition) is 5. The third-order valence-electron chi connectivity index (χ3n) is 17.2. The van der Waals surface area contributed by atoms with E-state index in [0.717, 1.165) is 179 Å². The zero-order valence-electron chi connectivity index (χ0n) is 46.2. The van der Waals surface area contributed by atoms with Crippen molar-refractivity contribution in [2.24, 2.45) is 0 Å². The molecule has 0 aliphatic heterocycles. The van der Waals surface area contributed by atoms with Crippen molar-refractivity contribution in [3.05, 3.63) is 296 Å². The van der Waals surface area contributed by atoms with Gasteiger partial charge >= 0.3 is 0 Å². The molecule has 1 aliphatic carbocycles. The molecule has 0 unspecified atom stereocenters. The number of fused-ring (bicyclic) bond motifs is 14. The van der Waals surface area contributed by atoms with Gasteiger partial charge in [0, 0.05) is 67.4 Å². The Morgan fingerprint density at radius 3 is 1.32 bits per heavy atom. The summed E-state index contributed by atoms with van der Waals surface area (Å²) in [6, 6.07) is 100. The highest BCUT2D eigenvalue weighted by Gasteiger charge is 2.27. The number of rotatable bonds is 10. The lowest BCUT2D eigenvalue weighted by Gasteiger charge is -2.27. The minimum Gasteiger partial charge on any atom is -0.458 e. The van der Waals surface area contributed by atoms with E-state index in [0.29, 0.717) is 0 Å². The molecule has 3 heterocycles. The third kappa shape index (κ3) is 8.15. The zero-order chi connectivity index (χ0) is 56.0. The van der Waals surface area contributed by atoms with Gasteiger partial charge in [0.05, 0.1) is 17.1 Å². The lowest BCUT2D eigenvalue weighted by atomic mass is 9.95. The smallest absolute Gasteiger partial charge is 0.159 e. The van der Waals surface area contributed by atoms with Gasteiger partial charge in [0.15, 0.2) is 11.2 Å². The van der Waals surface area contributed by atoms with E-state index in [2.05, 4.69) is 295 Å². The summed E-state index contributed by atoms with van der Waals surface area (Å²) < 4.78 is 21.2. The first kappa shape index (κ1) is 48.6. The molecule has 85 heavy (non-hydrogen) atoms. The number of para-hydroxylation sites is 3. The SMILES string of the molecule is C1=Cc2c(oc3c(N(c4cc(-c5ccccc5)cc(-c5ccccc5)c4)c4ccc5c(c4)oc4c6ccc(N(c7cc(-c8ccccc8)cc(-c8ccccc8)c7)c7cccc8c7oc7ccccc78)cc6c6ccccc6c54)cccc23)CC1. The van der Waals surface area contributed by atoms with Crippen molar-refractivity contribution in [1.82, 2.24) is 0 Å². The summed E-state index contributed by atoms with van der Waals surface area (Å²) >= 11 is 0. The highest BCUT2D eigenvalue weighted by Crippen LogP contribution is 2.50. The van der Waals surface area contributed by atoms with Gasteiger partial charge in [-0.15, -0.1) is 0 Å². The number of anilines is 6. The van der Waals surface area contributed by atoms with Crippen molar-refractivity contribution in [1.29, 1.82) is 0 Å². The van der Waals surface area contributed by atoms with Crippen LogP contribution in [0.4, 0.5) is 34.1 Å². The van der Waals surface area contributed by atoms with Crippen LogP contribution in [0.15, 0.2) is 298 Å². The van der Waals surface area contributed by atoms with Crippen LogP contribution in [-0.2, 0) is 6.42 Å². The first-order valence-corrected chi connectivity index (χ1v) is 29.2. The predicted octanol–water partition coefficient (Wildman–Crippen LogP) is 23.1. The Kier molecular flexibility index (Phi) is 11.3. The van der Waals surface area contributed by atoms with Gasteiger partial charge in [0.2, 0.25) is 0 Å². The number of hydrogen-bond donors (Lipinski definition) is 0. The molecule has 0 amide bonds. The van der Waals surface area contributed by atoms with Crippen molar-refractivity contribution in [3.8, 4) is 44.5 Å². The third-order valence-corrected chi connectivity index (χ3v) is 17.2. The van der Waals surface area contributed by atoms with E-state index in [-0.39, 0.29) is 0 Å². The maximum atomic E-state index is 7.38. The fourth-order valence-electron chi connectivity index (χ4n) is 13.3. The quantitative estimate of drug-likeness (QED) is 0.128. The number of furan rings is 3. The standard InChI is InChI=1S/C80H52N2O3/c1-5-21-51(22-6-1)55-43-56(52-23-7-2-8-24-52)46-61(45-55)81(72-35-19-33-67-64-30-15-17-37-74(64)83-78(67)72)59-39-41-69-71(49-59)63-29-13-14-32-66(63)77-70-42-40-60(50-76(70)85-80(69)77)82(73-36-20-34-68-65-31-16-18-38-75(65)84-79(68)73)62-47-57(53-25-9-3-10-26-53)44-58(48-62)54-27-11-4-12-28-54/h1-17,19-37,39-50H,18,38H2. The average molecular weight is 1090 g/mol. The summed E-state index contributed by atoms with van der Waals surface area (Å²) in [5.41, 5.74) is 20.2. The van der Waals surface area contributed by atoms with Crippen molar-refractivity contribution >= 4 is 117 Å². The molecule has 17 rings (SSSR count). The molecular weight excluding hydrogens is 1040 g/mol. The van der Waals surface area contributed by atoms with Gasteiger partial charge in [-0.3, -0.25) is 0 Å². The fourth-order valence-corrected chi connectivity index (χ4v) is 13.3. The second-order valence-electron chi connectivity index (χ2n) is 22.2. The number of aryl methyl sites for hydroxylation is 1. The molecule has 1 aliphatic rings. The van der Waals surface area contributed by atoms with Gasteiger partial charge < -0.3 is 23.1 Å². The maximum Gasteiger partial charge on any atom is 0.159 e. The van der Waals surface area contributed by atoms with Gasteiger partial charge in [0.1, 0.15) is 22.5 Å². The van der Waals surface area contributed by atoms with E-state index >= 15 is 0 Å². The summed E-state index contributed by atoms with van der Waals surface area (Å²) in [5, 5.41) is 9.74. The van der Waals surface area contributed by atoms with Crippen LogP contribution in [0.5, 0.6) is 0 Å². The van der Waals surface area contributed by atoms with E-state index < -0.39 is 0 Å². The van der Waals surface area contributed by atoms with Crippen LogP contribution >= 0.6 is 0 Å². The maximum absolute atomic E-state index is 7.38. The summed E-state index contributed by atoms with van der Waals surface area (Å²) in [7, 11) is 0. The van der Waals surface area contributed by atoms with Crippen LogP contribution < -0.4 is 9.80 Å². The van der Waals surface area contributed by atoms with Crippen molar-refractivity contribution in [2.75, 3.05) is 9.80 Å². The van der Waals surface area contributed by atoms with Crippen LogP contribution in [0.2, 0.25) is 0 Å². The van der Waals surface area contributed by atoms with E-state index in [1.807, 2.05) is 6.07 Å². The van der Waals surface area contributed by atoms with Gasteiger partial charge in [-0.1, -0.05) is 200 Å². The molecule has 16 aromatic rings. The molecule has 0 bridgehead atoms. The van der Waals surface area contributed by atoms with Gasteiger partial charge in [-0.25, -0.2) is 0 Å². The Labute approximate surface area is 490 Å². The van der Waals surface area contributed by atoms with Crippen LogP contribution in [0.1, 0.15) is 17.7 Å². The highest BCUT2D eigenvalue weighted by atomic mass is 16.3. The average Bonchev–Trinajstić information content (AvgIpc) is 2.29. The summed E-state index contributed by atoms with van der Waals surface area (Å²) in [5.74, 6) is 1.02. The number of allylic oxidation sites excluding steroid dienone is 1. The van der Waals surface area contributed by atoms with Crippen molar-refractivity contribution < 1.29 is 13.3 Å². The number of nitrogens with zero attached hydrogens (tertiary/aromatic N) is 2. The monoisotopic (exact) mass is 1090 g/mol. The van der Waals surface area contributed by atoms with Crippen LogP contribution in [0.3, 0.4) is 0 Å².